The summed E-state index contributed by atoms with van der Waals surface area (Å²) < 4.78 is 29.3. The molecule has 0 bridgehead atoms. The second-order valence-electron chi connectivity index (χ2n) is 7.16. The number of fused-ring (bicyclic) bond motifs is 1. The lowest BCUT2D eigenvalue weighted by molar-refractivity contribution is 0.0951. The number of hydrogen-bond acceptors (Lipinski definition) is 4. The minimum absolute atomic E-state index is 0.0152. The van der Waals surface area contributed by atoms with Crippen LogP contribution in [-0.2, 0) is 13.1 Å². The van der Waals surface area contributed by atoms with E-state index in [4.69, 9.17) is 0 Å². The quantitative estimate of drug-likeness (QED) is 0.517. The molecule has 0 aliphatic rings. The van der Waals surface area contributed by atoms with E-state index in [-0.39, 0.29) is 24.2 Å². The van der Waals surface area contributed by atoms with Gasteiger partial charge in [0.05, 0.1) is 19.3 Å². The van der Waals surface area contributed by atoms with E-state index in [9.17, 15) is 18.4 Å². The summed E-state index contributed by atoms with van der Waals surface area (Å²) in [5, 5.41) is 7.18. The first kappa shape index (κ1) is 20.4. The average molecular weight is 423 g/mol. The van der Waals surface area contributed by atoms with E-state index in [1.54, 1.807) is 0 Å². The van der Waals surface area contributed by atoms with E-state index in [1.807, 2.05) is 31.2 Å². The molecule has 158 valence electrons. The van der Waals surface area contributed by atoms with Gasteiger partial charge in [-0.25, -0.2) is 18.4 Å². The topological polar surface area (TPSA) is 81.8 Å². The maximum Gasteiger partial charge on any atom is 0.264 e. The molecule has 2 aromatic heterocycles. The lowest BCUT2D eigenvalue weighted by Crippen LogP contribution is -2.28. The number of nitrogens with one attached hydrogen (secondary N) is 1. The number of aryl methyl sites for hydroxylation is 1. The molecule has 9 heteroatoms. The van der Waals surface area contributed by atoms with Crippen molar-refractivity contribution in [2.45, 2.75) is 20.0 Å². The molecule has 0 fully saturated rings. The summed E-state index contributed by atoms with van der Waals surface area (Å²) in [5.41, 5.74) is 2.32. The molecule has 0 unspecified atom stereocenters. The van der Waals surface area contributed by atoms with Crippen molar-refractivity contribution in [1.82, 2.24) is 24.6 Å². The van der Waals surface area contributed by atoms with Gasteiger partial charge in [-0.05, 0) is 30.7 Å². The molecular formula is C22H19F2N5O2. The SMILES string of the molecule is Cc1cccc(Cn2cnc3c(cnn3CCNC(=O)c3ccc(F)c(F)c3)c2=O)c1. The van der Waals surface area contributed by atoms with Crippen LogP contribution in [0.2, 0.25) is 0 Å². The van der Waals surface area contributed by atoms with Crippen molar-refractivity contribution in [3.8, 4) is 0 Å². The summed E-state index contributed by atoms with van der Waals surface area (Å²) in [6.07, 6.45) is 2.93. The average Bonchev–Trinajstić information content (AvgIpc) is 3.16. The number of carbonyl (C=O) groups excluding carboxylic acids is 1. The highest BCUT2D eigenvalue weighted by molar-refractivity contribution is 5.94. The Morgan fingerprint density at radius 3 is 2.74 bits per heavy atom. The zero-order chi connectivity index (χ0) is 22.0. The van der Waals surface area contributed by atoms with Crippen molar-refractivity contribution < 1.29 is 13.6 Å². The number of hydrogen-bond donors (Lipinski definition) is 1. The zero-order valence-corrected chi connectivity index (χ0v) is 16.7. The Bertz CT molecular complexity index is 1330. The number of amides is 1. The Morgan fingerprint density at radius 1 is 1.13 bits per heavy atom. The third kappa shape index (κ3) is 4.35. The predicted molar refractivity (Wildman–Crippen MR) is 111 cm³/mol. The van der Waals surface area contributed by atoms with Crippen molar-refractivity contribution in [2.24, 2.45) is 0 Å². The third-order valence-electron chi connectivity index (χ3n) is 4.85. The fourth-order valence-electron chi connectivity index (χ4n) is 3.30. The van der Waals surface area contributed by atoms with Crippen LogP contribution in [0.25, 0.3) is 11.0 Å². The molecule has 2 aromatic carbocycles. The second-order valence-corrected chi connectivity index (χ2v) is 7.16. The number of carbonyl (C=O) groups is 1. The van der Waals surface area contributed by atoms with Gasteiger partial charge in [-0.15, -0.1) is 0 Å². The summed E-state index contributed by atoms with van der Waals surface area (Å²) in [6, 6.07) is 10.8. The van der Waals surface area contributed by atoms with Gasteiger partial charge in [0.1, 0.15) is 11.7 Å². The third-order valence-corrected chi connectivity index (χ3v) is 4.85. The van der Waals surface area contributed by atoms with Gasteiger partial charge in [0.25, 0.3) is 11.5 Å². The van der Waals surface area contributed by atoms with Crippen molar-refractivity contribution in [3.63, 3.8) is 0 Å². The molecule has 31 heavy (non-hydrogen) atoms. The number of aromatic nitrogens is 4. The molecule has 0 aliphatic carbocycles. The summed E-state index contributed by atoms with van der Waals surface area (Å²) >= 11 is 0. The summed E-state index contributed by atoms with van der Waals surface area (Å²) in [7, 11) is 0. The van der Waals surface area contributed by atoms with Gasteiger partial charge in [-0.1, -0.05) is 29.8 Å². The van der Waals surface area contributed by atoms with Gasteiger partial charge in [-0.2, -0.15) is 5.10 Å². The van der Waals surface area contributed by atoms with Crippen LogP contribution in [0.5, 0.6) is 0 Å². The monoisotopic (exact) mass is 423 g/mol. The normalized spacial score (nSPS) is 11.1. The molecule has 4 rings (SSSR count). The highest BCUT2D eigenvalue weighted by Crippen LogP contribution is 2.10. The number of halogens is 2. The molecule has 1 amide bonds. The Labute approximate surface area is 176 Å². The van der Waals surface area contributed by atoms with Crippen LogP contribution in [0, 0.1) is 18.6 Å². The van der Waals surface area contributed by atoms with Gasteiger partial charge < -0.3 is 5.32 Å². The zero-order valence-electron chi connectivity index (χ0n) is 16.7. The minimum atomic E-state index is -1.09. The van der Waals surface area contributed by atoms with Crippen molar-refractivity contribution in [2.75, 3.05) is 6.54 Å². The van der Waals surface area contributed by atoms with Crippen LogP contribution in [-0.4, -0.2) is 31.8 Å². The molecule has 0 saturated carbocycles. The minimum Gasteiger partial charge on any atom is -0.350 e. The highest BCUT2D eigenvalue weighted by atomic mass is 19.2. The van der Waals surface area contributed by atoms with Gasteiger partial charge >= 0.3 is 0 Å². The summed E-state index contributed by atoms with van der Waals surface area (Å²) in [6.45, 7) is 2.82. The molecule has 0 atom stereocenters. The molecule has 7 nitrogen and oxygen atoms in total. The van der Waals surface area contributed by atoms with E-state index in [2.05, 4.69) is 15.4 Å². The molecule has 4 aromatic rings. The smallest absolute Gasteiger partial charge is 0.264 e. The van der Waals surface area contributed by atoms with Crippen LogP contribution >= 0.6 is 0 Å². The van der Waals surface area contributed by atoms with Gasteiger partial charge in [0, 0.05) is 12.1 Å². The largest absolute Gasteiger partial charge is 0.350 e. The molecule has 1 N–H and O–H groups in total. The van der Waals surface area contributed by atoms with E-state index in [0.717, 1.165) is 23.3 Å². The van der Waals surface area contributed by atoms with Crippen LogP contribution in [0.1, 0.15) is 21.5 Å². The Hall–Kier alpha value is -3.88. The molecule has 0 radical (unpaired) electrons. The van der Waals surface area contributed by atoms with E-state index < -0.39 is 17.5 Å². The van der Waals surface area contributed by atoms with Gasteiger partial charge in [0.2, 0.25) is 0 Å². The lowest BCUT2D eigenvalue weighted by atomic mass is 10.1. The Morgan fingerprint density at radius 2 is 1.97 bits per heavy atom. The van der Waals surface area contributed by atoms with E-state index in [0.29, 0.717) is 17.6 Å². The Balaban J connectivity index is 1.45. The maximum absolute atomic E-state index is 13.3. The number of benzene rings is 2. The first-order valence-corrected chi connectivity index (χ1v) is 9.62. The van der Waals surface area contributed by atoms with E-state index in [1.165, 1.54) is 27.8 Å². The molecule has 0 saturated heterocycles. The second kappa shape index (κ2) is 8.47. The first-order valence-electron chi connectivity index (χ1n) is 9.62. The number of nitrogens with zero attached hydrogens (tertiary/aromatic N) is 4. The van der Waals surface area contributed by atoms with Crippen molar-refractivity contribution >= 4 is 16.9 Å². The van der Waals surface area contributed by atoms with Crippen molar-refractivity contribution in [3.05, 3.63) is 93.7 Å². The maximum atomic E-state index is 13.3. The van der Waals surface area contributed by atoms with E-state index >= 15 is 0 Å². The lowest BCUT2D eigenvalue weighted by Gasteiger charge is -2.08. The Kier molecular flexibility index (Phi) is 5.57. The summed E-state index contributed by atoms with van der Waals surface area (Å²) in [5.74, 6) is -2.64. The summed E-state index contributed by atoms with van der Waals surface area (Å²) in [4.78, 5) is 29.2. The highest BCUT2D eigenvalue weighted by Gasteiger charge is 2.12. The van der Waals surface area contributed by atoms with Crippen LogP contribution in [0.3, 0.4) is 0 Å². The fraction of sp³-hybridized carbons (Fsp3) is 0.182. The van der Waals surface area contributed by atoms with Gasteiger partial charge in [0.15, 0.2) is 17.3 Å². The fourth-order valence-corrected chi connectivity index (χ4v) is 3.30. The predicted octanol–water partition coefficient (Wildman–Crippen LogP) is 2.66. The molecule has 2 heterocycles. The molecular weight excluding hydrogens is 404 g/mol. The van der Waals surface area contributed by atoms with Gasteiger partial charge in [-0.3, -0.25) is 14.2 Å². The first-order chi connectivity index (χ1) is 14.9. The standard InChI is InChI=1S/C22H19F2N5O2/c1-14-3-2-4-15(9-14)12-28-13-26-20-17(22(28)31)11-27-29(20)8-7-25-21(30)16-5-6-18(23)19(24)10-16/h2-6,9-11,13H,7-8,12H2,1H3,(H,25,30). The van der Waals surface area contributed by atoms with Crippen molar-refractivity contribution in [1.29, 1.82) is 0 Å². The van der Waals surface area contributed by atoms with Crippen LogP contribution < -0.4 is 10.9 Å². The van der Waals surface area contributed by atoms with Crippen LogP contribution in [0.4, 0.5) is 8.78 Å². The molecule has 0 aliphatic heterocycles. The molecule has 0 spiro atoms. The van der Waals surface area contributed by atoms with Crippen LogP contribution in [0.15, 0.2) is 59.8 Å². The number of rotatable bonds is 6.